The van der Waals surface area contributed by atoms with Crippen LogP contribution in [0.5, 0.6) is 0 Å². The smallest absolute Gasteiger partial charge is 0.123 e. The molecule has 1 fully saturated rings. The molecule has 1 aromatic rings. The van der Waals surface area contributed by atoms with Crippen LogP contribution in [0.4, 0.5) is 4.39 Å². The van der Waals surface area contributed by atoms with E-state index in [0.29, 0.717) is 11.3 Å². The first-order valence-electron chi connectivity index (χ1n) is 6.41. The zero-order valence-corrected chi connectivity index (χ0v) is 11.1. The van der Waals surface area contributed by atoms with E-state index in [9.17, 15) is 4.39 Å². The largest absolute Gasteiger partial charge is 0.309 e. The van der Waals surface area contributed by atoms with E-state index in [2.05, 4.69) is 12.2 Å². The normalized spacial score (nSPS) is 21.6. The molecule has 0 bridgehead atoms. The van der Waals surface area contributed by atoms with E-state index in [1.54, 1.807) is 6.07 Å². The van der Waals surface area contributed by atoms with Crippen LogP contribution in [0.25, 0.3) is 0 Å². The van der Waals surface area contributed by atoms with Crippen molar-refractivity contribution in [2.24, 2.45) is 0 Å². The summed E-state index contributed by atoms with van der Waals surface area (Å²) in [4.78, 5) is 0. The average Bonchev–Trinajstić information content (AvgIpc) is 2.83. The Bertz CT molecular complexity index is 350. The van der Waals surface area contributed by atoms with Gasteiger partial charge in [0.25, 0.3) is 0 Å². The van der Waals surface area contributed by atoms with Gasteiger partial charge < -0.3 is 5.32 Å². The average molecular weight is 253 g/mol. The maximum Gasteiger partial charge on any atom is 0.123 e. The minimum Gasteiger partial charge on any atom is -0.309 e. The molecule has 1 aliphatic rings. The van der Waals surface area contributed by atoms with Crippen molar-refractivity contribution in [2.75, 3.05) is 12.3 Å². The van der Waals surface area contributed by atoms with Crippen molar-refractivity contribution in [3.63, 3.8) is 0 Å². The van der Waals surface area contributed by atoms with Gasteiger partial charge in [0.1, 0.15) is 5.82 Å². The predicted octanol–water partition coefficient (Wildman–Crippen LogP) is 3.76. The number of nitrogens with one attached hydrogen (secondary N) is 1. The van der Waals surface area contributed by atoms with Gasteiger partial charge in [-0.25, -0.2) is 4.39 Å². The van der Waals surface area contributed by atoms with Crippen molar-refractivity contribution < 1.29 is 4.39 Å². The first-order valence-corrected chi connectivity index (χ1v) is 7.46. The zero-order valence-electron chi connectivity index (χ0n) is 10.3. The molecule has 2 atom stereocenters. The number of benzene rings is 1. The van der Waals surface area contributed by atoms with Crippen LogP contribution in [0.2, 0.25) is 0 Å². The highest BCUT2D eigenvalue weighted by Crippen LogP contribution is 2.36. The first-order chi connectivity index (χ1) is 8.31. The molecule has 3 heteroatoms. The van der Waals surface area contributed by atoms with Gasteiger partial charge in [0.2, 0.25) is 0 Å². The van der Waals surface area contributed by atoms with Crippen molar-refractivity contribution in [3.8, 4) is 0 Å². The molecule has 94 valence electrons. The lowest BCUT2D eigenvalue weighted by atomic mass is 10.0. The summed E-state index contributed by atoms with van der Waals surface area (Å²) in [7, 11) is 0. The van der Waals surface area contributed by atoms with Gasteiger partial charge in [-0.15, -0.1) is 0 Å². The van der Waals surface area contributed by atoms with Crippen molar-refractivity contribution >= 4 is 11.8 Å². The molecule has 1 nitrogen and oxygen atoms in total. The van der Waals surface area contributed by atoms with Crippen molar-refractivity contribution in [2.45, 2.75) is 37.5 Å². The minimum atomic E-state index is -0.131. The molecule has 1 heterocycles. The Morgan fingerprint density at radius 2 is 2.41 bits per heavy atom. The summed E-state index contributed by atoms with van der Waals surface area (Å²) in [6, 6.07) is 7.34. The van der Waals surface area contributed by atoms with Crippen molar-refractivity contribution in [3.05, 3.63) is 35.6 Å². The lowest BCUT2D eigenvalue weighted by molar-refractivity contribution is 0.500. The zero-order chi connectivity index (χ0) is 12.1. The maximum atomic E-state index is 13.3. The Labute approximate surface area is 107 Å². The molecule has 0 spiro atoms. The first kappa shape index (κ1) is 12.9. The van der Waals surface area contributed by atoms with Crippen LogP contribution in [0.3, 0.4) is 0 Å². The molecule has 0 radical (unpaired) electrons. The van der Waals surface area contributed by atoms with Gasteiger partial charge >= 0.3 is 0 Å². The van der Waals surface area contributed by atoms with E-state index in [1.165, 1.54) is 24.7 Å². The maximum absolute atomic E-state index is 13.3. The SMILES string of the molecule is CCCNC(c1cccc(F)c1)C1CCCS1. The second-order valence-corrected chi connectivity index (χ2v) is 5.89. The Hall–Kier alpha value is -0.540. The third-order valence-corrected chi connectivity index (χ3v) is 4.62. The van der Waals surface area contributed by atoms with Gasteiger partial charge in [-0.3, -0.25) is 0 Å². The van der Waals surface area contributed by atoms with E-state index < -0.39 is 0 Å². The van der Waals surface area contributed by atoms with Crippen LogP contribution in [0.15, 0.2) is 24.3 Å². The number of thioether (sulfide) groups is 1. The Morgan fingerprint density at radius 3 is 3.06 bits per heavy atom. The van der Waals surface area contributed by atoms with E-state index in [0.717, 1.165) is 18.5 Å². The standard InChI is InChI=1S/C14H20FNS/c1-2-8-16-14(13-7-4-9-17-13)11-5-3-6-12(15)10-11/h3,5-6,10,13-14,16H,2,4,7-9H2,1H3. The number of hydrogen-bond acceptors (Lipinski definition) is 2. The van der Waals surface area contributed by atoms with Crippen LogP contribution < -0.4 is 5.32 Å². The molecule has 2 unspecified atom stereocenters. The topological polar surface area (TPSA) is 12.0 Å². The summed E-state index contributed by atoms with van der Waals surface area (Å²) in [5.41, 5.74) is 1.10. The van der Waals surface area contributed by atoms with Gasteiger partial charge in [-0.2, -0.15) is 11.8 Å². The lowest BCUT2D eigenvalue weighted by Gasteiger charge is -2.24. The molecular weight excluding hydrogens is 233 g/mol. The summed E-state index contributed by atoms with van der Waals surface area (Å²) in [6.07, 6.45) is 3.64. The molecule has 1 aliphatic heterocycles. The molecule has 0 aliphatic carbocycles. The van der Waals surface area contributed by atoms with Gasteiger partial charge in [0, 0.05) is 11.3 Å². The Kier molecular flexibility index (Phi) is 4.86. The molecule has 0 saturated carbocycles. The fraction of sp³-hybridized carbons (Fsp3) is 0.571. The summed E-state index contributed by atoms with van der Waals surface area (Å²) in [5, 5.41) is 4.17. The van der Waals surface area contributed by atoms with E-state index >= 15 is 0 Å². The fourth-order valence-electron chi connectivity index (χ4n) is 2.33. The molecule has 1 aromatic carbocycles. The molecule has 1 N–H and O–H groups in total. The molecule has 17 heavy (non-hydrogen) atoms. The highest BCUT2D eigenvalue weighted by atomic mass is 32.2. The van der Waals surface area contributed by atoms with Gasteiger partial charge in [0.05, 0.1) is 0 Å². The summed E-state index contributed by atoms with van der Waals surface area (Å²) in [6.45, 7) is 3.16. The molecule has 0 amide bonds. The van der Waals surface area contributed by atoms with E-state index in [-0.39, 0.29) is 5.82 Å². The fourth-order valence-corrected chi connectivity index (χ4v) is 3.74. The number of rotatable bonds is 5. The molecular formula is C14H20FNS. The van der Waals surface area contributed by atoms with Gasteiger partial charge in [-0.1, -0.05) is 19.1 Å². The van der Waals surface area contributed by atoms with E-state index in [4.69, 9.17) is 0 Å². The summed E-state index contributed by atoms with van der Waals surface area (Å²) < 4.78 is 13.3. The molecule has 0 aromatic heterocycles. The highest BCUT2D eigenvalue weighted by Gasteiger charge is 2.26. The quantitative estimate of drug-likeness (QED) is 0.857. The van der Waals surface area contributed by atoms with Gasteiger partial charge in [0.15, 0.2) is 0 Å². The van der Waals surface area contributed by atoms with Gasteiger partial charge in [-0.05, 0) is 49.3 Å². The number of halogens is 1. The van der Waals surface area contributed by atoms with Crippen molar-refractivity contribution in [1.82, 2.24) is 5.32 Å². The third-order valence-electron chi connectivity index (χ3n) is 3.16. The monoisotopic (exact) mass is 253 g/mol. The lowest BCUT2D eigenvalue weighted by Crippen LogP contribution is -2.29. The summed E-state index contributed by atoms with van der Waals surface area (Å²) >= 11 is 2.02. The second kappa shape index (κ2) is 6.41. The summed E-state index contributed by atoms with van der Waals surface area (Å²) in [5.74, 6) is 1.11. The van der Waals surface area contributed by atoms with Crippen LogP contribution in [-0.2, 0) is 0 Å². The second-order valence-electron chi connectivity index (χ2n) is 4.54. The predicted molar refractivity (Wildman–Crippen MR) is 72.9 cm³/mol. The Morgan fingerprint density at radius 1 is 1.53 bits per heavy atom. The van der Waals surface area contributed by atoms with Crippen LogP contribution >= 0.6 is 11.8 Å². The molecule has 2 rings (SSSR count). The third kappa shape index (κ3) is 3.46. The van der Waals surface area contributed by atoms with E-state index in [1.807, 2.05) is 23.9 Å². The number of hydrogen-bond donors (Lipinski definition) is 1. The highest BCUT2D eigenvalue weighted by molar-refractivity contribution is 8.00. The minimum absolute atomic E-state index is 0.131. The molecule has 1 saturated heterocycles. The van der Waals surface area contributed by atoms with Crippen LogP contribution in [-0.4, -0.2) is 17.5 Å². The van der Waals surface area contributed by atoms with Crippen molar-refractivity contribution in [1.29, 1.82) is 0 Å². The Balaban J connectivity index is 2.13. The van der Waals surface area contributed by atoms with Crippen LogP contribution in [0.1, 0.15) is 37.8 Å². The van der Waals surface area contributed by atoms with Crippen LogP contribution in [0, 0.1) is 5.82 Å².